The van der Waals surface area contributed by atoms with Gasteiger partial charge in [-0.2, -0.15) is 5.26 Å². The van der Waals surface area contributed by atoms with E-state index >= 15 is 0 Å². The molecule has 0 aromatic heterocycles. The Hall–Kier alpha value is -0.550. The molecule has 0 aromatic carbocycles. The number of nitrogens with zero attached hydrogens (tertiary/aromatic N) is 1. The van der Waals surface area contributed by atoms with Gasteiger partial charge < -0.3 is 4.74 Å². The van der Waals surface area contributed by atoms with E-state index in [2.05, 4.69) is 6.07 Å². The summed E-state index contributed by atoms with van der Waals surface area (Å²) < 4.78 is 5.34. The summed E-state index contributed by atoms with van der Waals surface area (Å²) in [6, 6.07) is 2.22. The maximum Gasteiger partial charge on any atom is 0.185 e. The summed E-state index contributed by atoms with van der Waals surface area (Å²) in [5.41, 5.74) is -0.733. The molecule has 1 atom stereocenters. The molecule has 1 aliphatic heterocycles. The molecule has 1 rings (SSSR count). The third-order valence-corrected chi connectivity index (χ3v) is 2.25. The van der Waals surface area contributed by atoms with Gasteiger partial charge in [0, 0.05) is 0 Å². The van der Waals surface area contributed by atoms with E-state index in [1.165, 1.54) is 0 Å². The third kappa shape index (κ3) is 0.674. The highest BCUT2D eigenvalue weighted by atomic mass is 16.6. The highest BCUT2D eigenvalue weighted by molar-refractivity contribution is 5.25. The van der Waals surface area contributed by atoms with E-state index < -0.39 is 5.60 Å². The van der Waals surface area contributed by atoms with Crippen LogP contribution in [0.2, 0.25) is 0 Å². The lowest BCUT2D eigenvalue weighted by Crippen LogP contribution is -2.24. The molecule has 0 radical (unpaired) electrons. The number of epoxide rings is 1. The first-order valence-corrected chi connectivity index (χ1v) is 3.58. The van der Waals surface area contributed by atoms with Crippen molar-refractivity contribution < 1.29 is 4.74 Å². The van der Waals surface area contributed by atoms with E-state index in [9.17, 15) is 0 Å². The van der Waals surface area contributed by atoms with Crippen molar-refractivity contribution >= 4 is 0 Å². The third-order valence-electron chi connectivity index (χ3n) is 2.25. The minimum Gasteiger partial charge on any atom is -0.347 e. The quantitative estimate of drug-likeness (QED) is 0.518. The molecule has 0 aromatic rings. The molecular formula is C8H13NO. The van der Waals surface area contributed by atoms with Crippen molar-refractivity contribution in [2.45, 2.75) is 38.9 Å². The van der Waals surface area contributed by atoms with Crippen LogP contribution in [0.4, 0.5) is 0 Å². The molecule has 1 saturated heterocycles. The molecule has 1 heterocycles. The number of nitriles is 1. The molecule has 2 nitrogen and oxygen atoms in total. The van der Waals surface area contributed by atoms with Crippen molar-refractivity contribution in [3.05, 3.63) is 0 Å². The summed E-state index contributed by atoms with van der Waals surface area (Å²) in [7, 11) is 0. The van der Waals surface area contributed by atoms with Crippen molar-refractivity contribution in [2.75, 3.05) is 0 Å². The normalized spacial score (nSPS) is 35.6. The van der Waals surface area contributed by atoms with Crippen LogP contribution in [0.5, 0.6) is 0 Å². The number of hydrogen-bond acceptors (Lipinski definition) is 2. The Morgan fingerprint density at radius 2 is 1.80 bits per heavy atom. The van der Waals surface area contributed by atoms with E-state index in [0.29, 0.717) is 0 Å². The lowest BCUT2D eigenvalue weighted by Gasteiger charge is -2.08. The molecule has 0 bridgehead atoms. The van der Waals surface area contributed by atoms with E-state index in [0.717, 1.165) is 0 Å². The monoisotopic (exact) mass is 139 g/mol. The molecule has 1 aliphatic rings. The molecule has 1 fully saturated rings. The standard InChI is InChI=1S/C8H13NO/c1-6(2)8(5-9)7(3,4)10-8/h6H,1-4H3. The lowest BCUT2D eigenvalue weighted by molar-refractivity contribution is 0.270. The van der Waals surface area contributed by atoms with Crippen LogP contribution in [0, 0.1) is 17.2 Å². The van der Waals surface area contributed by atoms with Gasteiger partial charge in [-0.05, 0) is 19.8 Å². The molecule has 0 saturated carbocycles. The minimum atomic E-state index is -0.507. The molecule has 1 unspecified atom stereocenters. The van der Waals surface area contributed by atoms with E-state index in [1.807, 2.05) is 27.7 Å². The zero-order valence-corrected chi connectivity index (χ0v) is 6.93. The second kappa shape index (κ2) is 1.73. The lowest BCUT2D eigenvalue weighted by atomic mass is 9.87. The Morgan fingerprint density at radius 3 is 1.80 bits per heavy atom. The van der Waals surface area contributed by atoms with Crippen molar-refractivity contribution in [1.82, 2.24) is 0 Å². The van der Waals surface area contributed by atoms with Gasteiger partial charge in [0.2, 0.25) is 0 Å². The summed E-state index contributed by atoms with van der Waals surface area (Å²) in [5, 5.41) is 8.79. The predicted octanol–water partition coefficient (Wildman–Crippen LogP) is 1.71. The van der Waals surface area contributed by atoms with Crippen LogP contribution in [0.3, 0.4) is 0 Å². The first kappa shape index (κ1) is 7.56. The van der Waals surface area contributed by atoms with Gasteiger partial charge in [0.1, 0.15) is 11.7 Å². The molecule has 10 heavy (non-hydrogen) atoms. The first-order chi connectivity index (χ1) is 4.46. The average Bonchev–Trinajstić information content (AvgIpc) is 2.35. The maximum absolute atomic E-state index is 8.79. The fourth-order valence-electron chi connectivity index (χ4n) is 1.48. The minimum absolute atomic E-state index is 0.226. The van der Waals surface area contributed by atoms with E-state index in [-0.39, 0.29) is 11.5 Å². The average molecular weight is 139 g/mol. The second-order valence-electron chi connectivity index (χ2n) is 3.61. The number of hydrogen-bond donors (Lipinski definition) is 0. The summed E-state index contributed by atoms with van der Waals surface area (Å²) in [6.07, 6.45) is 0. The number of ether oxygens (including phenoxy) is 1. The maximum atomic E-state index is 8.79. The zero-order valence-electron chi connectivity index (χ0n) is 6.93. The van der Waals surface area contributed by atoms with Gasteiger partial charge >= 0.3 is 0 Å². The van der Waals surface area contributed by atoms with Crippen LogP contribution in [-0.2, 0) is 4.74 Å². The summed E-state index contributed by atoms with van der Waals surface area (Å²) in [6.45, 7) is 7.93. The van der Waals surface area contributed by atoms with Gasteiger partial charge in [0.15, 0.2) is 5.60 Å². The van der Waals surface area contributed by atoms with Crippen LogP contribution in [-0.4, -0.2) is 11.2 Å². The van der Waals surface area contributed by atoms with Gasteiger partial charge in [-0.3, -0.25) is 0 Å². The zero-order chi connectivity index (χ0) is 7.99. The molecule has 0 amide bonds. The fraction of sp³-hybridized carbons (Fsp3) is 0.875. The van der Waals surface area contributed by atoms with E-state index in [4.69, 9.17) is 10.00 Å². The Balaban J connectivity index is 2.81. The van der Waals surface area contributed by atoms with Crippen LogP contribution >= 0.6 is 0 Å². The molecule has 2 heteroatoms. The topological polar surface area (TPSA) is 36.3 Å². The van der Waals surface area contributed by atoms with Gasteiger partial charge in [-0.15, -0.1) is 0 Å². The van der Waals surface area contributed by atoms with Crippen molar-refractivity contribution in [3.8, 4) is 6.07 Å². The predicted molar refractivity (Wildman–Crippen MR) is 38.3 cm³/mol. The van der Waals surface area contributed by atoms with Gasteiger partial charge in [0.25, 0.3) is 0 Å². The smallest absolute Gasteiger partial charge is 0.185 e. The van der Waals surface area contributed by atoms with Gasteiger partial charge in [-0.25, -0.2) is 0 Å². The second-order valence-corrected chi connectivity index (χ2v) is 3.61. The summed E-state index contributed by atoms with van der Waals surface area (Å²) >= 11 is 0. The Kier molecular flexibility index (Phi) is 1.31. The Labute approximate surface area is 61.8 Å². The van der Waals surface area contributed by atoms with Crippen LogP contribution < -0.4 is 0 Å². The summed E-state index contributed by atoms with van der Waals surface area (Å²) in [5.74, 6) is 0.285. The van der Waals surface area contributed by atoms with Crippen molar-refractivity contribution in [3.63, 3.8) is 0 Å². The Bertz CT molecular complexity index is 190. The fourth-order valence-corrected chi connectivity index (χ4v) is 1.48. The van der Waals surface area contributed by atoms with Crippen LogP contribution in [0.25, 0.3) is 0 Å². The van der Waals surface area contributed by atoms with Gasteiger partial charge in [0.05, 0.1) is 0 Å². The summed E-state index contributed by atoms with van der Waals surface area (Å²) in [4.78, 5) is 0. The largest absolute Gasteiger partial charge is 0.347 e. The highest BCUT2D eigenvalue weighted by Crippen LogP contribution is 2.51. The Morgan fingerprint density at radius 1 is 1.40 bits per heavy atom. The van der Waals surface area contributed by atoms with Crippen molar-refractivity contribution in [2.24, 2.45) is 5.92 Å². The first-order valence-electron chi connectivity index (χ1n) is 3.58. The molecule has 0 spiro atoms. The van der Waals surface area contributed by atoms with Crippen LogP contribution in [0.1, 0.15) is 27.7 Å². The van der Waals surface area contributed by atoms with Crippen LogP contribution in [0.15, 0.2) is 0 Å². The molecule has 0 aliphatic carbocycles. The van der Waals surface area contributed by atoms with Gasteiger partial charge in [-0.1, -0.05) is 13.8 Å². The van der Waals surface area contributed by atoms with Crippen molar-refractivity contribution in [1.29, 1.82) is 5.26 Å². The SMILES string of the molecule is CC(C)C1(C#N)OC1(C)C. The number of rotatable bonds is 1. The molecule has 0 N–H and O–H groups in total. The molecule has 56 valence electrons. The highest BCUT2D eigenvalue weighted by Gasteiger charge is 2.66. The molecular weight excluding hydrogens is 126 g/mol. The van der Waals surface area contributed by atoms with E-state index in [1.54, 1.807) is 0 Å².